The van der Waals surface area contributed by atoms with Crippen molar-refractivity contribution in [2.24, 2.45) is 0 Å². The fourth-order valence-electron chi connectivity index (χ4n) is 3.32. The van der Waals surface area contributed by atoms with Gasteiger partial charge in [-0.15, -0.1) is 0 Å². The van der Waals surface area contributed by atoms with Gasteiger partial charge in [-0.25, -0.2) is 4.79 Å². The molecule has 0 radical (unpaired) electrons. The summed E-state index contributed by atoms with van der Waals surface area (Å²) >= 11 is 3.37. The monoisotopic (exact) mass is 420 g/mol. The Kier molecular flexibility index (Phi) is 5.76. The highest BCUT2D eigenvalue weighted by atomic mass is 79.9. The normalized spacial score (nSPS) is 17.8. The molecule has 4 amide bonds. The molecule has 7 heteroatoms. The van der Waals surface area contributed by atoms with Crippen molar-refractivity contribution in [3.05, 3.63) is 39.9 Å². The molecule has 1 saturated heterocycles. The van der Waals surface area contributed by atoms with Gasteiger partial charge in [0.15, 0.2) is 0 Å². The lowest BCUT2D eigenvalue weighted by Crippen LogP contribution is -2.34. The first kappa shape index (κ1) is 18.6. The molecule has 1 aromatic rings. The zero-order chi connectivity index (χ0) is 18.7. The molecule has 26 heavy (non-hydrogen) atoms. The molecule has 0 aromatic heterocycles. The van der Waals surface area contributed by atoms with Crippen LogP contribution in [0.3, 0.4) is 0 Å². The smallest absolute Gasteiger partial charge is 0.334 e. The van der Waals surface area contributed by atoms with Crippen LogP contribution in [0.5, 0.6) is 5.75 Å². The number of amides is 4. The predicted octanol–water partition coefficient (Wildman–Crippen LogP) is 3.64. The predicted molar refractivity (Wildman–Crippen MR) is 99.5 cm³/mol. The van der Waals surface area contributed by atoms with Gasteiger partial charge in [-0.2, -0.15) is 0 Å². The van der Waals surface area contributed by atoms with Crippen LogP contribution in [0.1, 0.15) is 37.7 Å². The molecular weight excluding hydrogens is 400 g/mol. The van der Waals surface area contributed by atoms with Crippen LogP contribution in [-0.4, -0.2) is 41.3 Å². The Bertz CT molecular complexity index is 775. The average molecular weight is 421 g/mol. The van der Waals surface area contributed by atoms with Crippen molar-refractivity contribution >= 4 is 33.8 Å². The standard InChI is InChI=1S/C19H21BrN2O4/c1-26-16-8-7-15(20)11-14(16)12-22-18(24)17(23)21(19(22)25)10-9-13-5-3-2-4-6-13/h5,7-8,11H,2-4,6,9-10,12H2,1H3. The Labute approximate surface area is 160 Å². The molecule has 0 spiro atoms. The van der Waals surface area contributed by atoms with Gasteiger partial charge in [0.25, 0.3) is 0 Å². The maximum atomic E-state index is 12.6. The molecule has 0 N–H and O–H groups in total. The number of carbonyl (C=O) groups is 3. The topological polar surface area (TPSA) is 66.9 Å². The van der Waals surface area contributed by atoms with Gasteiger partial charge in [0, 0.05) is 16.6 Å². The van der Waals surface area contributed by atoms with Crippen LogP contribution in [0, 0.1) is 0 Å². The number of methoxy groups -OCH3 is 1. The fraction of sp³-hybridized carbons (Fsp3) is 0.421. The van der Waals surface area contributed by atoms with Crippen molar-refractivity contribution in [1.82, 2.24) is 9.80 Å². The third-order valence-electron chi connectivity index (χ3n) is 4.75. The van der Waals surface area contributed by atoms with E-state index >= 15 is 0 Å². The van der Waals surface area contributed by atoms with Crippen LogP contribution in [0.2, 0.25) is 0 Å². The summed E-state index contributed by atoms with van der Waals surface area (Å²) in [6.07, 6.45) is 7.20. The molecule has 138 valence electrons. The number of halogens is 1. The molecule has 1 aliphatic carbocycles. The van der Waals surface area contributed by atoms with Crippen molar-refractivity contribution in [2.75, 3.05) is 13.7 Å². The summed E-state index contributed by atoms with van der Waals surface area (Å²) in [5.74, 6) is -0.970. The van der Waals surface area contributed by atoms with Gasteiger partial charge in [-0.1, -0.05) is 27.6 Å². The molecule has 0 saturated carbocycles. The van der Waals surface area contributed by atoms with Gasteiger partial charge in [-0.3, -0.25) is 19.4 Å². The number of hydrogen-bond acceptors (Lipinski definition) is 4. The van der Waals surface area contributed by atoms with E-state index in [0.29, 0.717) is 17.7 Å². The molecule has 0 bridgehead atoms. The minimum Gasteiger partial charge on any atom is -0.496 e. The van der Waals surface area contributed by atoms with Crippen molar-refractivity contribution in [3.63, 3.8) is 0 Å². The Morgan fingerprint density at radius 1 is 1.12 bits per heavy atom. The highest BCUT2D eigenvalue weighted by Gasteiger charge is 2.44. The lowest BCUT2D eigenvalue weighted by atomic mass is 9.97. The van der Waals surface area contributed by atoms with Crippen molar-refractivity contribution in [3.8, 4) is 5.75 Å². The molecular formula is C19H21BrN2O4. The van der Waals surface area contributed by atoms with Crippen LogP contribution >= 0.6 is 15.9 Å². The molecule has 1 aromatic carbocycles. The molecule has 2 aliphatic rings. The molecule has 6 nitrogen and oxygen atoms in total. The van der Waals surface area contributed by atoms with Crippen LogP contribution in [-0.2, 0) is 16.1 Å². The van der Waals surface area contributed by atoms with E-state index in [1.54, 1.807) is 12.1 Å². The maximum absolute atomic E-state index is 12.6. The van der Waals surface area contributed by atoms with E-state index in [1.807, 2.05) is 6.07 Å². The third-order valence-corrected chi connectivity index (χ3v) is 5.24. The highest BCUT2D eigenvalue weighted by Crippen LogP contribution is 2.27. The summed E-state index contributed by atoms with van der Waals surface area (Å²) in [7, 11) is 1.52. The summed E-state index contributed by atoms with van der Waals surface area (Å²) in [6, 6.07) is 4.78. The van der Waals surface area contributed by atoms with Crippen LogP contribution < -0.4 is 4.74 Å². The number of allylic oxidation sites excluding steroid dienone is 1. The second-order valence-electron chi connectivity index (χ2n) is 6.44. The number of carbonyl (C=O) groups excluding carboxylic acids is 3. The first-order valence-corrected chi connectivity index (χ1v) is 9.48. The molecule has 1 heterocycles. The molecule has 0 unspecified atom stereocenters. The lowest BCUT2D eigenvalue weighted by molar-refractivity contribution is -0.143. The second-order valence-corrected chi connectivity index (χ2v) is 7.36. The zero-order valence-electron chi connectivity index (χ0n) is 14.7. The quantitative estimate of drug-likeness (QED) is 0.400. The summed E-state index contributed by atoms with van der Waals surface area (Å²) in [4.78, 5) is 39.2. The SMILES string of the molecule is COc1ccc(Br)cc1CN1C(=O)C(=O)N(CCC2=CCCCC2)C1=O. The largest absolute Gasteiger partial charge is 0.496 e. The van der Waals surface area contributed by atoms with Gasteiger partial charge >= 0.3 is 17.8 Å². The van der Waals surface area contributed by atoms with Crippen molar-refractivity contribution < 1.29 is 19.1 Å². The van der Waals surface area contributed by atoms with Crippen LogP contribution in [0.4, 0.5) is 4.79 Å². The molecule has 0 atom stereocenters. The number of hydrogen-bond donors (Lipinski definition) is 0. The van der Waals surface area contributed by atoms with Gasteiger partial charge < -0.3 is 4.74 Å². The van der Waals surface area contributed by atoms with E-state index < -0.39 is 17.8 Å². The van der Waals surface area contributed by atoms with Crippen molar-refractivity contribution in [1.29, 1.82) is 0 Å². The Hall–Kier alpha value is -2.15. The number of benzene rings is 1. The molecule has 1 aliphatic heterocycles. The minimum absolute atomic E-state index is 0.00518. The van der Waals surface area contributed by atoms with E-state index in [2.05, 4.69) is 22.0 Å². The minimum atomic E-state index is -0.783. The van der Waals surface area contributed by atoms with Gasteiger partial charge in [-0.05, 0) is 50.3 Å². The van der Waals surface area contributed by atoms with Gasteiger partial charge in [0.1, 0.15) is 5.75 Å². The molecule has 3 rings (SSSR count). The Morgan fingerprint density at radius 3 is 2.58 bits per heavy atom. The first-order chi connectivity index (χ1) is 12.5. The fourth-order valence-corrected chi connectivity index (χ4v) is 3.72. The highest BCUT2D eigenvalue weighted by molar-refractivity contribution is 9.10. The number of imide groups is 2. The van der Waals surface area contributed by atoms with Crippen molar-refractivity contribution in [2.45, 2.75) is 38.6 Å². The van der Waals surface area contributed by atoms with Gasteiger partial charge in [0.05, 0.1) is 13.7 Å². The molecule has 1 fully saturated rings. The number of nitrogens with zero attached hydrogens (tertiary/aromatic N) is 2. The number of rotatable bonds is 6. The van der Waals surface area contributed by atoms with Crippen LogP contribution in [0.15, 0.2) is 34.3 Å². The third kappa shape index (κ3) is 3.82. The summed E-state index contributed by atoms with van der Waals surface area (Å²) in [5.41, 5.74) is 1.92. The maximum Gasteiger partial charge on any atom is 0.334 e. The summed E-state index contributed by atoms with van der Waals surface area (Å²) < 4.78 is 6.09. The van der Waals surface area contributed by atoms with E-state index in [4.69, 9.17) is 4.74 Å². The number of ether oxygens (including phenoxy) is 1. The Morgan fingerprint density at radius 2 is 1.88 bits per heavy atom. The first-order valence-electron chi connectivity index (χ1n) is 8.69. The summed E-state index contributed by atoms with van der Waals surface area (Å²) in [5, 5.41) is 0. The summed E-state index contributed by atoms with van der Waals surface area (Å²) in [6.45, 7) is 0.257. The van der Waals surface area contributed by atoms with Gasteiger partial charge in [0.2, 0.25) is 0 Å². The average Bonchev–Trinajstić information content (AvgIpc) is 2.85. The number of urea groups is 1. The van der Waals surface area contributed by atoms with Crippen LogP contribution in [0.25, 0.3) is 0 Å². The second kappa shape index (κ2) is 8.03. The van der Waals surface area contributed by atoms with E-state index in [1.165, 1.54) is 19.1 Å². The zero-order valence-corrected chi connectivity index (χ0v) is 16.3. The Balaban J connectivity index is 1.72. The van der Waals surface area contributed by atoms with E-state index in [9.17, 15) is 14.4 Å². The van der Waals surface area contributed by atoms with E-state index in [-0.39, 0.29) is 13.1 Å². The van der Waals surface area contributed by atoms with E-state index in [0.717, 1.165) is 33.5 Å². The lowest BCUT2D eigenvalue weighted by Gasteiger charge is -2.18.